The molecule has 290 valence electrons. The Morgan fingerprint density at radius 1 is 0.885 bits per heavy atom. The van der Waals surface area contributed by atoms with Crippen LogP contribution in [0.2, 0.25) is 0 Å². The number of likely N-dealkylation sites (tertiary alicyclic amines) is 2. The summed E-state index contributed by atoms with van der Waals surface area (Å²) in [6.45, 7) is 21.9. The summed E-state index contributed by atoms with van der Waals surface area (Å²) in [5.74, 6) is -2.58. The standard InChI is InChI=1S/C39H62N6O7/c1-12-22-15-39(22,30(48)32(50)40-18-21-13-14-21)43-31(49)28-27-23(38(27,10)11)19-45(28)33(51)29(36(5,6)7)42-34(52)41-24(35(2,3)4)20-44-25(46)16-37(8,9)17-26(44)47/h21-24,27-29H,12-20H2,1-11H3,(H,40,50)(H,43,49)(H2,41,42,52)/t22-,23+,24-,27+,28+,29-,39+/m1/s1. The van der Waals surface area contributed by atoms with Crippen molar-refractivity contribution in [1.82, 2.24) is 31.1 Å². The molecule has 0 aromatic heterocycles. The van der Waals surface area contributed by atoms with Crippen LogP contribution in [0.25, 0.3) is 0 Å². The maximum Gasteiger partial charge on any atom is 0.315 e. The number of hydrogen-bond acceptors (Lipinski definition) is 7. The monoisotopic (exact) mass is 726 g/mol. The van der Waals surface area contributed by atoms with E-state index in [4.69, 9.17) is 0 Å². The molecule has 2 heterocycles. The second kappa shape index (κ2) is 13.4. The van der Waals surface area contributed by atoms with E-state index in [0.717, 1.165) is 12.8 Å². The SMILES string of the molecule is CC[C@@H]1C[C@@]1(NC(=O)[C@@H]1[C@@H]2[C@H](CN1C(=O)[C@@H](NC(=O)N[C@H](CN1C(=O)CC(C)(C)CC1=O)C(C)(C)C)C(C)(C)C)C2(C)C)C(=O)C(=O)NCC1CC1. The minimum atomic E-state index is -1.29. The van der Waals surface area contributed by atoms with Crippen LogP contribution >= 0.6 is 0 Å². The van der Waals surface area contributed by atoms with Gasteiger partial charge >= 0.3 is 6.03 Å². The number of urea groups is 1. The Kier molecular flexibility index (Phi) is 10.2. The fraction of sp³-hybridized carbons (Fsp3) is 0.821. The zero-order chi connectivity index (χ0) is 38.9. The van der Waals surface area contributed by atoms with Gasteiger partial charge in [-0.05, 0) is 64.6 Å². The summed E-state index contributed by atoms with van der Waals surface area (Å²) in [5, 5.41) is 11.6. The Hall–Kier alpha value is -3.51. The van der Waals surface area contributed by atoms with Crippen LogP contribution in [0.3, 0.4) is 0 Å². The zero-order valence-corrected chi connectivity index (χ0v) is 33.2. The van der Waals surface area contributed by atoms with Gasteiger partial charge in [-0.2, -0.15) is 0 Å². The molecular weight excluding hydrogens is 664 g/mol. The molecule has 2 saturated heterocycles. The van der Waals surface area contributed by atoms with Gasteiger partial charge in [0.15, 0.2) is 0 Å². The lowest BCUT2D eigenvalue weighted by Gasteiger charge is -2.41. The minimum Gasteiger partial charge on any atom is -0.349 e. The van der Waals surface area contributed by atoms with Gasteiger partial charge in [0.1, 0.15) is 17.6 Å². The van der Waals surface area contributed by atoms with Gasteiger partial charge in [-0.25, -0.2) is 4.79 Å². The van der Waals surface area contributed by atoms with Gasteiger partial charge in [0.2, 0.25) is 29.4 Å². The van der Waals surface area contributed by atoms with Crippen LogP contribution < -0.4 is 21.3 Å². The highest BCUT2D eigenvalue weighted by molar-refractivity contribution is 6.41. The molecule has 0 bridgehead atoms. The van der Waals surface area contributed by atoms with E-state index in [1.165, 1.54) is 4.90 Å². The first kappa shape index (κ1) is 39.7. The number of rotatable bonds is 12. The van der Waals surface area contributed by atoms with Gasteiger partial charge in [0, 0.05) is 32.5 Å². The number of amides is 7. The highest BCUT2D eigenvalue weighted by Gasteiger charge is 2.71. The normalized spacial score (nSPS) is 30.1. The number of Topliss-reactive ketones (excluding diaryl/α,β-unsaturated/α-hetero) is 1. The summed E-state index contributed by atoms with van der Waals surface area (Å²) in [5.41, 5.74) is -3.23. The van der Waals surface area contributed by atoms with Gasteiger partial charge in [0.25, 0.3) is 5.91 Å². The van der Waals surface area contributed by atoms with Gasteiger partial charge in [-0.3, -0.25) is 33.7 Å². The molecule has 2 aliphatic heterocycles. The van der Waals surface area contributed by atoms with Gasteiger partial charge in [0.05, 0.1) is 6.04 Å². The quantitative estimate of drug-likeness (QED) is 0.177. The average molecular weight is 727 g/mol. The van der Waals surface area contributed by atoms with Crippen molar-refractivity contribution >= 4 is 41.4 Å². The molecule has 7 atom stereocenters. The van der Waals surface area contributed by atoms with Gasteiger partial charge < -0.3 is 26.2 Å². The molecule has 13 heteroatoms. The number of carbonyl (C=O) groups excluding carboxylic acids is 7. The molecule has 5 rings (SSSR count). The number of nitrogens with one attached hydrogen (secondary N) is 4. The van der Waals surface area contributed by atoms with Crippen molar-refractivity contribution in [3.8, 4) is 0 Å². The number of ketones is 1. The third kappa shape index (κ3) is 7.88. The Labute approximate surface area is 308 Å². The summed E-state index contributed by atoms with van der Waals surface area (Å²) in [7, 11) is 0. The molecule has 5 fully saturated rings. The predicted molar refractivity (Wildman–Crippen MR) is 194 cm³/mol. The number of fused-ring (bicyclic) bond motifs is 1. The van der Waals surface area contributed by atoms with Crippen molar-refractivity contribution in [1.29, 1.82) is 0 Å². The molecule has 0 unspecified atom stereocenters. The minimum absolute atomic E-state index is 0.00341. The van der Waals surface area contributed by atoms with Crippen LogP contribution in [-0.4, -0.2) is 94.4 Å². The summed E-state index contributed by atoms with van der Waals surface area (Å²) in [4.78, 5) is 97.8. The topological polar surface area (TPSA) is 174 Å². The molecule has 13 nitrogen and oxygen atoms in total. The first-order valence-corrected chi connectivity index (χ1v) is 19.2. The van der Waals surface area contributed by atoms with Crippen molar-refractivity contribution in [2.45, 2.75) is 138 Å². The molecule has 3 aliphatic carbocycles. The maximum atomic E-state index is 14.5. The smallest absolute Gasteiger partial charge is 0.315 e. The van der Waals surface area contributed by atoms with Crippen LogP contribution in [0.1, 0.15) is 115 Å². The van der Waals surface area contributed by atoms with Gasteiger partial charge in [-0.15, -0.1) is 0 Å². The maximum absolute atomic E-state index is 14.5. The Morgan fingerprint density at radius 2 is 1.48 bits per heavy atom. The number of carbonyl (C=O) groups is 7. The van der Waals surface area contributed by atoms with Crippen LogP contribution in [0.4, 0.5) is 4.79 Å². The van der Waals surface area contributed by atoms with Crippen molar-refractivity contribution in [2.75, 3.05) is 19.6 Å². The Balaban J connectivity index is 1.32. The van der Waals surface area contributed by atoms with Crippen LogP contribution in [0.15, 0.2) is 0 Å². The lowest BCUT2D eigenvalue weighted by Crippen LogP contribution is -2.63. The summed E-state index contributed by atoms with van der Waals surface area (Å²) < 4.78 is 0. The molecule has 4 N–H and O–H groups in total. The van der Waals surface area contributed by atoms with Gasteiger partial charge in [-0.1, -0.05) is 82.6 Å². The molecule has 0 aromatic rings. The Bertz CT molecular complexity index is 1500. The molecule has 0 spiro atoms. The highest BCUT2D eigenvalue weighted by atomic mass is 16.2. The first-order valence-electron chi connectivity index (χ1n) is 19.2. The van der Waals surface area contributed by atoms with E-state index in [1.807, 2.05) is 62.3 Å². The third-order valence-electron chi connectivity index (χ3n) is 12.5. The van der Waals surface area contributed by atoms with E-state index in [0.29, 0.717) is 31.8 Å². The number of piperidine rings is 2. The summed E-state index contributed by atoms with van der Waals surface area (Å²) in [6, 6.07) is -3.14. The van der Waals surface area contributed by atoms with Crippen molar-refractivity contribution in [2.24, 2.45) is 45.3 Å². The zero-order valence-electron chi connectivity index (χ0n) is 33.2. The molecule has 3 saturated carbocycles. The molecular formula is C39H62N6O7. The van der Waals surface area contributed by atoms with E-state index in [2.05, 4.69) is 35.1 Å². The number of imide groups is 1. The molecule has 0 radical (unpaired) electrons. The molecule has 0 aromatic carbocycles. The van der Waals surface area contributed by atoms with E-state index in [9.17, 15) is 33.6 Å². The van der Waals surface area contributed by atoms with Crippen LogP contribution in [0, 0.1) is 45.3 Å². The number of nitrogens with zero attached hydrogens (tertiary/aromatic N) is 2. The second-order valence-electron chi connectivity index (χ2n) is 19.9. The van der Waals surface area contributed by atoms with Crippen LogP contribution in [0.5, 0.6) is 0 Å². The number of hydrogen-bond donors (Lipinski definition) is 4. The highest BCUT2D eigenvalue weighted by Crippen LogP contribution is 2.65. The van der Waals surface area contributed by atoms with E-state index in [1.54, 1.807) is 4.90 Å². The lowest BCUT2D eigenvalue weighted by atomic mass is 9.80. The summed E-state index contributed by atoms with van der Waals surface area (Å²) in [6.07, 6.45) is 3.50. The largest absolute Gasteiger partial charge is 0.349 e. The lowest BCUT2D eigenvalue weighted by molar-refractivity contribution is -0.153. The van der Waals surface area contributed by atoms with Crippen molar-refractivity contribution in [3.05, 3.63) is 0 Å². The predicted octanol–water partition coefficient (Wildman–Crippen LogP) is 3.15. The average Bonchev–Trinajstić information content (AvgIpc) is 3.96. The van der Waals surface area contributed by atoms with E-state index in [-0.39, 0.29) is 54.4 Å². The van der Waals surface area contributed by atoms with E-state index < -0.39 is 69.4 Å². The summed E-state index contributed by atoms with van der Waals surface area (Å²) >= 11 is 0. The fourth-order valence-corrected chi connectivity index (χ4v) is 8.54. The Morgan fingerprint density at radius 3 is 1.98 bits per heavy atom. The molecule has 52 heavy (non-hydrogen) atoms. The van der Waals surface area contributed by atoms with Crippen molar-refractivity contribution < 1.29 is 33.6 Å². The fourth-order valence-electron chi connectivity index (χ4n) is 8.54. The second-order valence-corrected chi connectivity index (χ2v) is 19.9. The van der Waals surface area contributed by atoms with Crippen LogP contribution in [-0.2, 0) is 28.8 Å². The molecule has 7 amide bonds. The molecule has 5 aliphatic rings. The van der Waals surface area contributed by atoms with Crippen molar-refractivity contribution in [3.63, 3.8) is 0 Å². The third-order valence-corrected chi connectivity index (χ3v) is 12.5. The van der Waals surface area contributed by atoms with E-state index >= 15 is 0 Å². The first-order chi connectivity index (χ1) is 23.8.